The molecule has 0 radical (unpaired) electrons. The second kappa shape index (κ2) is 8.58. The van der Waals surface area contributed by atoms with Gasteiger partial charge in [0.05, 0.1) is 11.4 Å². The number of sulfonamides is 1. The fraction of sp³-hybridized carbons (Fsp3) is 0.400. The fourth-order valence-electron chi connectivity index (χ4n) is 1.66. The molecule has 0 heterocycles. The summed E-state index contributed by atoms with van der Waals surface area (Å²) in [5, 5.41) is 2.18. The summed E-state index contributed by atoms with van der Waals surface area (Å²) in [5.41, 5.74) is 6.68. The third kappa shape index (κ3) is 6.51. The second-order valence-electron chi connectivity index (χ2n) is 5.38. The molecule has 0 unspecified atom stereocenters. The molecule has 0 aromatic heterocycles. The summed E-state index contributed by atoms with van der Waals surface area (Å²) in [7, 11) is -3.85. The van der Waals surface area contributed by atoms with Gasteiger partial charge in [-0.15, -0.1) is 0 Å². The quantitative estimate of drug-likeness (QED) is 0.506. The van der Waals surface area contributed by atoms with Gasteiger partial charge in [0.15, 0.2) is 6.10 Å². The van der Waals surface area contributed by atoms with E-state index in [9.17, 15) is 22.8 Å². The average molecular weight is 371 g/mol. The van der Waals surface area contributed by atoms with E-state index in [0.717, 1.165) is 11.1 Å². The molecule has 0 aliphatic heterocycles. The zero-order valence-corrected chi connectivity index (χ0v) is 15.0. The molecule has 25 heavy (non-hydrogen) atoms. The van der Waals surface area contributed by atoms with Crippen molar-refractivity contribution in [1.29, 1.82) is 0 Å². The molecule has 0 aliphatic carbocycles. The number of rotatable bonds is 8. The van der Waals surface area contributed by atoms with Crippen LogP contribution in [0.5, 0.6) is 0 Å². The summed E-state index contributed by atoms with van der Waals surface area (Å²) in [5.74, 6) is -2.41. The summed E-state index contributed by atoms with van der Waals surface area (Å²) in [6.07, 6.45) is -1.12. The van der Waals surface area contributed by atoms with Crippen molar-refractivity contribution in [3.63, 3.8) is 0 Å². The van der Waals surface area contributed by atoms with Crippen LogP contribution < -0.4 is 15.8 Å². The van der Waals surface area contributed by atoms with Crippen LogP contribution in [0.1, 0.15) is 18.1 Å². The van der Waals surface area contributed by atoms with Crippen LogP contribution >= 0.6 is 0 Å². The average Bonchev–Trinajstić information content (AvgIpc) is 2.53. The van der Waals surface area contributed by atoms with Crippen LogP contribution in [-0.2, 0) is 29.1 Å². The van der Waals surface area contributed by atoms with Crippen LogP contribution in [0.3, 0.4) is 0 Å². The lowest BCUT2D eigenvalue weighted by molar-refractivity contribution is -0.153. The summed E-state index contributed by atoms with van der Waals surface area (Å²) >= 11 is 0. The van der Waals surface area contributed by atoms with Crippen LogP contribution in [0.15, 0.2) is 23.1 Å². The number of aryl methyl sites for hydroxylation is 2. The number of carbonyl (C=O) groups is 3. The molecule has 0 saturated carbocycles. The molecular formula is C15H21N3O6S. The Bertz CT molecular complexity index is 775. The number of amides is 2. The molecule has 1 aromatic carbocycles. The van der Waals surface area contributed by atoms with Gasteiger partial charge in [-0.05, 0) is 44.0 Å². The van der Waals surface area contributed by atoms with Crippen molar-refractivity contribution in [2.75, 3.05) is 13.1 Å². The van der Waals surface area contributed by atoms with E-state index in [1.54, 1.807) is 13.0 Å². The fourth-order valence-corrected chi connectivity index (χ4v) is 2.72. The van der Waals surface area contributed by atoms with Crippen molar-refractivity contribution in [3.05, 3.63) is 29.3 Å². The first-order valence-corrected chi connectivity index (χ1v) is 8.83. The summed E-state index contributed by atoms with van der Waals surface area (Å²) in [6.45, 7) is 3.86. The Kier molecular flexibility index (Phi) is 7.07. The van der Waals surface area contributed by atoms with Crippen molar-refractivity contribution in [2.24, 2.45) is 5.73 Å². The minimum absolute atomic E-state index is 0.0399. The molecule has 0 spiro atoms. The van der Waals surface area contributed by atoms with E-state index >= 15 is 0 Å². The van der Waals surface area contributed by atoms with E-state index in [1.807, 2.05) is 6.92 Å². The third-order valence-electron chi connectivity index (χ3n) is 3.35. The van der Waals surface area contributed by atoms with Gasteiger partial charge in [0, 0.05) is 0 Å². The van der Waals surface area contributed by atoms with E-state index in [1.165, 1.54) is 19.1 Å². The Labute approximate surface area is 146 Å². The largest absolute Gasteiger partial charge is 0.451 e. The van der Waals surface area contributed by atoms with Crippen molar-refractivity contribution < 1.29 is 27.5 Å². The highest BCUT2D eigenvalue weighted by molar-refractivity contribution is 7.89. The van der Waals surface area contributed by atoms with Crippen LogP contribution in [0.25, 0.3) is 0 Å². The number of primary amides is 1. The van der Waals surface area contributed by atoms with Gasteiger partial charge in [0.25, 0.3) is 5.91 Å². The van der Waals surface area contributed by atoms with E-state index in [2.05, 4.69) is 14.8 Å². The Morgan fingerprint density at radius 1 is 1.16 bits per heavy atom. The molecule has 1 rings (SSSR count). The van der Waals surface area contributed by atoms with E-state index in [0.29, 0.717) is 0 Å². The van der Waals surface area contributed by atoms with Gasteiger partial charge in [-0.3, -0.25) is 14.4 Å². The molecule has 2 amide bonds. The lowest BCUT2D eigenvalue weighted by Crippen LogP contribution is -2.40. The molecule has 138 valence electrons. The Morgan fingerprint density at radius 3 is 2.36 bits per heavy atom. The predicted octanol–water partition coefficient (Wildman–Crippen LogP) is -0.885. The van der Waals surface area contributed by atoms with E-state index < -0.39 is 47.0 Å². The molecule has 10 heteroatoms. The Morgan fingerprint density at radius 2 is 1.80 bits per heavy atom. The number of benzene rings is 1. The smallest absolute Gasteiger partial charge is 0.326 e. The van der Waals surface area contributed by atoms with Crippen LogP contribution in [0, 0.1) is 13.8 Å². The van der Waals surface area contributed by atoms with Crippen molar-refractivity contribution in [2.45, 2.75) is 31.8 Å². The lowest BCUT2D eigenvalue weighted by atomic mass is 10.1. The second-order valence-corrected chi connectivity index (χ2v) is 7.15. The minimum Gasteiger partial charge on any atom is -0.451 e. The minimum atomic E-state index is -3.85. The zero-order chi connectivity index (χ0) is 19.2. The van der Waals surface area contributed by atoms with E-state index in [4.69, 9.17) is 5.73 Å². The third-order valence-corrected chi connectivity index (χ3v) is 4.75. The Hall–Kier alpha value is -2.46. The highest BCUT2D eigenvalue weighted by atomic mass is 32.2. The maximum Gasteiger partial charge on any atom is 0.326 e. The first-order chi connectivity index (χ1) is 11.5. The number of hydrogen-bond donors (Lipinski definition) is 3. The number of nitrogens with two attached hydrogens (primary N) is 1. The number of carbonyl (C=O) groups excluding carboxylic acids is 3. The van der Waals surface area contributed by atoms with Crippen molar-refractivity contribution in [1.82, 2.24) is 10.0 Å². The van der Waals surface area contributed by atoms with Gasteiger partial charge in [-0.2, -0.15) is 0 Å². The first kappa shape index (κ1) is 20.6. The molecule has 0 aliphatic rings. The molecule has 4 N–H and O–H groups in total. The standard InChI is InChI=1S/C15H21N3O6S/c1-9-4-5-12(6-10(9)2)25(22,23)18-7-13(19)17-8-14(20)24-11(3)15(16)21/h4-6,11,18H,7-8H2,1-3H3,(H2,16,21)(H,17,19)/t11-/m1/s1. The van der Waals surface area contributed by atoms with Crippen LogP contribution in [0.2, 0.25) is 0 Å². The number of esters is 1. The molecule has 0 fully saturated rings. The number of nitrogens with one attached hydrogen (secondary N) is 2. The van der Waals surface area contributed by atoms with E-state index in [-0.39, 0.29) is 4.90 Å². The molecule has 1 atom stereocenters. The van der Waals surface area contributed by atoms with Gasteiger partial charge >= 0.3 is 5.97 Å². The van der Waals surface area contributed by atoms with Gasteiger partial charge in [-0.1, -0.05) is 6.07 Å². The highest BCUT2D eigenvalue weighted by Crippen LogP contribution is 2.14. The molecule has 9 nitrogen and oxygen atoms in total. The van der Waals surface area contributed by atoms with Gasteiger partial charge in [0.2, 0.25) is 15.9 Å². The normalized spacial score (nSPS) is 12.3. The highest BCUT2D eigenvalue weighted by Gasteiger charge is 2.18. The predicted molar refractivity (Wildman–Crippen MR) is 88.9 cm³/mol. The summed E-state index contributed by atoms with van der Waals surface area (Å²) < 4.78 is 31.0. The molecule has 1 aromatic rings. The van der Waals surface area contributed by atoms with Crippen LogP contribution in [-0.4, -0.2) is 45.4 Å². The maximum atomic E-state index is 12.1. The van der Waals surface area contributed by atoms with Gasteiger partial charge < -0.3 is 15.8 Å². The first-order valence-electron chi connectivity index (χ1n) is 7.35. The SMILES string of the molecule is Cc1ccc(S(=O)(=O)NCC(=O)NCC(=O)O[C@H](C)C(N)=O)cc1C. The number of hydrogen-bond acceptors (Lipinski definition) is 6. The maximum absolute atomic E-state index is 12.1. The van der Waals surface area contributed by atoms with Gasteiger partial charge in [0.1, 0.15) is 6.54 Å². The monoisotopic (exact) mass is 371 g/mol. The molecule has 0 saturated heterocycles. The summed E-state index contributed by atoms with van der Waals surface area (Å²) in [4.78, 5) is 33.8. The lowest BCUT2D eigenvalue weighted by Gasteiger charge is -2.11. The van der Waals surface area contributed by atoms with Crippen molar-refractivity contribution >= 4 is 27.8 Å². The molecular weight excluding hydrogens is 350 g/mol. The Balaban J connectivity index is 2.51. The number of ether oxygens (including phenoxy) is 1. The topological polar surface area (TPSA) is 145 Å². The van der Waals surface area contributed by atoms with Crippen LogP contribution in [0.4, 0.5) is 0 Å². The van der Waals surface area contributed by atoms with Gasteiger partial charge in [-0.25, -0.2) is 13.1 Å². The zero-order valence-electron chi connectivity index (χ0n) is 14.2. The summed E-state index contributed by atoms with van der Waals surface area (Å²) in [6, 6.07) is 4.60. The molecule has 0 bridgehead atoms. The van der Waals surface area contributed by atoms with Crippen molar-refractivity contribution in [3.8, 4) is 0 Å².